The molecule has 0 fully saturated rings. The maximum Gasteiger partial charge on any atom is 0.159 e. The Hall–Kier alpha value is -7.36. The van der Waals surface area contributed by atoms with Crippen LogP contribution < -0.4 is 4.90 Å². The van der Waals surface area contributed by atoms with E-state index in [2.05, 4.69) is 187 Å². The van der Waals surface area contributed by atoms with Crippen LogP contribution >= 0.6 is 0 Å². The molecule has 0 spiro atoms. The van der Waals surface area contributed by atoms with Crippen molar-refractivity contribution in [1.29, 1.82) is 0 Å². The predicted octanol–water partition coefficient (Wildman–Crippen LogP) is 15.1. The monoisotopic (exact) mass is 703 g/mol. The maximum absolute atomic E-state index is 6.85. The van der Waals surface area contributed by atoms with Gasteiger partial charge in [0.1, 0.15) is 16.7 Å². The van der Waals surface area contributed by atoms with Crippen molar-refractivity contribution >= 4 is 71.7 Å². The van der Waals surface area contributed by atoms with E-state index in [9.17, 15) is 0 Å². The van der Waals surface area contributed by atoms with E-state index < -0.39 is 0 Å². The summed E-state index contributed by atoms with van der Waals surface area (Å²) in [5, 5.41) is 6.67. The Bertz CT molecular complexity index is 3180. The first-order valence-electron chi connectivity index (χ1n) is 18.7. The summed E-state index contributed by atoms with van der Waals surface area (Å²) < 4.78 is 13.6. The molecule has 0 atom stereocenters. The fraction of sp³-hybridized carbons (Fsp3) is 0. The van der Waals surface area contributed by atoms with Crippen LogP contribution in [0.5, 0.6) is 0 Å². The van der Waals surface area contributed by atoms with Gasteiger partial charge in [-0.15, -0.1) is 0 Å². The summed E-state index contributed by atoms with van der Waals surface area (Å²) in [7, 11) is 0. The van der Waals surface area contributed by atoms with E-state index in [-0.39, 0.29) is 0 Å². The molecule has 0 aliphatic rings. The van der Waals surface area contributed by atoms with E-state index in [1.54, 1.807) is 0 Å². The highest BCUT2D eigenvalue weighted by Gasteiger charge is 2.25. The average Bonchev–Trinajstić information content (AvgIpc) is 3.84. The minimum Gasteiger partial charge on any atom is -0.455 e. The molecule has 2 aromatic heterocycles. The fourth-order valence-corrected chi connectivity index (χ4v) is 8.27. The van der Waals surface area contributed by atoms with Gasteiger partial charge in [0.05, 0.1) is 16.8 Å². The number of hydrogen-bond acceptors (Lipinski definition) is 3. The Balaban J connectivity index is 1.13. The number of para-hydroxylation sites is 3. The lowest BCUT2D eigenvalue weighted by molar-refractivity contribution is 0.668. The zero-order valence-corrected chi connectivity index (χ0v) is 29.8. The lowest BCUT2D eigenvalue weighted by Gasteiger charge is -2.27. The first kappa shape index (κ1) is 31.2. The van der Waals surface area contributed by atoms with Gasteiger partial charge in [-0.1, -0.05) is 158 Å². The summed E-state index contributed by atoms with van der Waals surface area (Å²) in [6.07, 6.45) is 0. The van der Waals surface area contributed by atoms with Crippen molar-refractivity contribution in [2.45, 2.75) is 0 Å². The van der Waals surface area contributed by atoms with Crippen LogP contribution in [-0.4, -0.2) is 0 Å². The molecule has 3 heteroatoms. The van der Waals surface area contributed by atoms with E-state index >= 15 is 0 Å². The van der Waals surface area contributed by atoms with Gasteiger partial charge in [-0.3, -0.25) is 0 Å². The molecule has 0 saturated carbocycles. The molecule has 0 N–H and O–H groups in total. The van der Waals surface area contributed by atoms with Crippen molar-refractivity contribution in [3.05, 3.63) is 200 Å². The molecule has 9 aromatic carbocycles. The third-order valence-electron chi connectivity index (χ3n) is 10.9. The lowest BCUT2D eigenvalue weighted by Crippen LogP contribution is -2.10. The zero-order chi connectivity index (χ0) is 36.3. The number of anilines is 3. The quantitative estimate of drug-likeness (QED) is 0.173. The molecule has 0 saturated heterocycles. The molecule has 11 aromatic rings. The van der Waals surface area contributed by atoms with Crippen LogP contribution in [0.2, 0.25) is 0 Å². The molecule has 0 unspecified atom stereocenters. The van der Waals surface area contributed by atoms with Gasteiger partial charge in [-0.2, -0.15) is 0 Å². The van der Waals surface area contributed by atoms with Gasteiger partial charge in [-0.05, 0) is 81.1 Å². The highest BCUT2D eigenvalue weighted by atomic mass is 16.3. The molecule has 11 rings (SSSR count). The third kappa shape index (κ3) is 5.13. The third-order valence-corrected chi connectivity index (χ3v) is 10.9. The van der Waals surface area contributed by atoms with Crippen molar-refractivity contribution < 1.29 is 8.83 Å². The van der Waals surface area contributed by atoms with Gasteiger partial charge in [0.2, 0.25) is 0 Å². The fourth-order valence-electron chi connectivity index (χ4n) is 8.27. The lowest BCUT2D eigenvalue weighted by atomic mass is 9.95. The Kier molecular flexibility index (Phi) is 7.17. The summed E-state index contributed by atoms with van der Waals surface area (Å²) >= 11 is 0. The van der Waals surface area contributed by atoms with Crippen LogP contribution in [0.15, 0.2) is 209 Å². The topological polar surface area (TPSA) is 29.5 Å². The molecule has 0 aliphatic heterocycles. The predicted molar refractivity (Wildman–Crippen MR) is 229 cm³/mol. The van der Waals surface area contributed by atoms with Crippen LogP contribution in [-0.2, 0) is 0 Å². The SMILES string of the molecule is c1ccc(-c2ccc(-c3ccc(N(c4cccc5c4oc4ccccc45)c4ccc(-c5cccc6ccccc56)c5oc6ccccc6c45)cc3)cc2)cc1. The molecule has 0 bridgehead atoms. The van der Waals surface area contributed by atoms with Gasteiger partial charge >= 0.3 is 0 Å². The number of benzene rings is 9. The molecular weight excluding hydrogens is 671 g/mol. The van der Waals surface area contributed by atoms with E-state index in [0.717, 1.165) is 77.6 Å². The van der Waals surface area contributed by atoms with Crippen LogP contribution in [0, 0.1) is 0 Å². The molecule has 55 heavy (non-hydrogen) atoms. The van der Waals surface area contributed by atoms with E-state index in [1.807, 2.05) is 18.2 Å². The second-order valence-electron chi connectivity index (χ2n) is 14.0. The highest BCUT2D eigenvalue weighted by molar-refractivity contribution is 6.20. The van der Waals surface area contributed by atoms with E-state index in [0.29, 0.717) is 0 Å². The van der Waals surface area contributed by atoms with Crippen LogP contribution in [0.3, 0.4) is 0 Å². The molecular formula is C52H33NO2. The smallest absolute Gasteiger partial charge is 0.159 e. The highest BCUT2D eigenvalue weighted by Crippen LogP contribution is 2.49. The van der Waals surface area contributed by atoms with E-state index in [1.165, 1.54) is 27.5 Å². The van der Waals surface area contributed by atoms with Gasteiger partial charge in [-0.25, -0.2) is 0 Å². The zero-order valence-electron chi connectivity index (χ0n) is 29.8. The summed E-state index contributed by atoms with van der Waals surface area (Å²) in [5.74, 6) is 0. The van der Waals surface area contributed by atoms with Crippen molar-refractivity contribution in [3.63, 3.8) is 0 Å². The molecule has 2 heterocycles. The summed E-state index contributed by atoms with van der Waals surface area (Å²) in [6, 6.07) is 70.8. The average molecular weight is 704 g/mol. The van der Waals surface area contributed by atoms with Crippen molar-refractivity contribution in [1.82, 2.24) is 0 Å². The number of nitrogens with zero attached hydrogens (tertiary/aromatic N) is 1. The standard InChI is InChI=1S/C52H33NO2/c1-2-12-34(13-3-1)35-24-26-36(27-25-35)37-28-30-39(31-29-37)53(47-21-11-20-43-42-17-6-8-22-48(42)54-51(43)47)46-33-32-44(41-19-10-15-38-14-4-5-16-40(38)41)52-50(46)45-18-7-9-23-49(45)55-52/h1-33H. The Morgan fingerprint density at radius 2 is 0.855 bits per heavy atom. The molecule has 3 nitrogen and oxygen atoms in total. The number of furan rings is 2. The van der Waals surface area contributed by atoms with Crippen LogP contribution in [0.25, 0.3) is 88.0 Å². The normalized spacial score (nSPS) is 11.6. The van der Waals surface area contributed by atoms with E-state index in [4.69, 9.17) is 8.83 Å². The van der Waals surface area contributed by atoms with Crippen LogP contribution in [0.4, 0.5) is 17.1 Å². The number of hydrogen-bond donors (Lipinski definition) is 0. The van der Waals surface area contributed by atoms with Gasteiger partial charge < -0.3 is 13.7 Å². The van der Waals surface area contributed by atoms with Crippen LogP contribution in [0.1, 0.15) is 0 Å². The summed E-state index contributed by atoms with van der Waals surface area (Å²) in [6.45, 7) is 0. The van der Waals surface area contributed by atoms with Crippen molar-refractivity contribution in [2.24, 2.45) is 0 Å². The van der Waals surface area contributed by atoms with Crippen molar-refractivity contribution in [3.8, 4) is 33.4 Å². The van der Waals surface area contributed by atoms with Gasteiger partial charge in [0, 0.05) is 27.4 Å². The molecule has 0 radical (unpaired) electrons. The Labute approximate surface area is 317 Å². The molecule has 0 aliphatic carbocycles. The molecule has 0 amide bonds. The second-order valence-corrected chi connectivity index (χ2v) is 14.0. The Morgan fingerprint density at radius 3 is 1.62 bits per heavy atom. The number of fused-ring (bicyclic) bond motifs is 7. The summed E-state index contributed by atoms with van der Waals surface area (Å²) in [4.78, 5) is 2.34. The summed E-state index contributed by atoms with van der Waals surface area (Å²) in [5.41, 5.74) is 13.3. The van der Waals surface area contributed by atoms with Gasteiger partial charge in [0.25, 0.3) is 0 Å². The Morgan fingerprint density at radius 1 is 0.309 bits per heavy atom. The van der Waals surface area contributed by atoms with Gasteiger partial charge in [0.15, 0.2) is 5.58 Å². The first-order valence-corrected chi connectivity index (χ1v) is 18.7. The minimum atomic E-state index is 0.836. The number of rotatable bonds is 6. The van der Waals surface area contributed by atoms with Crippen molar-refractivity contribution in [2.75, 3.05) is 4.90 Å². The maximum atomic E-state index is 6.85. The second kappa shape index (κ2) is 12.6. The first-order chi connectivity index (χ1) is 27.3. The molecule has 258 valence electrons. The minimum absolute atomic E-state index is 0.836. The largest absolute Gasteiger partial charge is 0.455 e.